The number of hydrogen-bond acceptors (Lipinski definition) is 1. The molecule has 2 N–H and O–H groups in total. The van der Waals surface area contributed by atoms with E-state index in [1.165, 1.54) is 38.7 Å². The number of aromatic nitrogens is 1. The number of H-pyrrole nitrogens is 1. The van der Waals surface area contributed by atoms with E-state index in [4.69, 9.17) is 0 Å². The van der Waals surface area contributed by atoms with Gasteiger partial charge in [0.25, 0.3) is 5.91 Å². The van der Waals surface area contributed by atoms with Gasteiger partial charge in [-0.25, -0.2) is 0 Å². The Balaban J connectivity index is 1.98. The first-order valence-electron chi connectivity index (χ1n) is 8.61. The molecule has 1 aliphatic rings. The number of aryl methyl sites for hydroxylation is 3. The van der Waals surface area contributed by atoms with Gasteiger partial charge in [-0.2, -0.15) is 0 Å². The van der Waals surface area contributed by atoms with Crippen LogP contribution >= 0.6 is 0 Å². The topological polar surface area (TPSA) is 44.9 Å². The van der Waals surface area contributed by atoms with Crippen molar-refractivity contribution in [2.24, 2.45) is 0 Å². The van der Waals surface area contributed by atoms with E-state index in [0.717, 1.165) is 16.9 Å². The minimum Gasteiger partial charge on any atom is -0.355 e. The summed E-state index contributed by atoms with van der Waals surface area (Å²) in [5.41, 5.74) is 11.2. The average molecular weight is 330 g/mol. The van der Waals surface area contributed by atoms with Crippen LogP contribution < -0.4 is 5.32 Å². The molecule has 25 heavy (non-hydrogen) atoms. The molecule has 0 radical (unpaired) electrons. The Kier molecular flexibility index (Phi) is 3.36. The van der Waals surface area contributed by atoms with E-state index < -0.39 is 0 Å². The lowest BCUT2D eigenvalue weighted by molar-refractivity contribution is -0.110. The molecule has 3 aromatic rings. The maximum Gasteiger partial charge on any atom is 0.256 e. The molecule has 3 heteroatoms. The third-order valence-electron chi connectivity index (χ3n) is 5.72. The quantitative estimate of drug-likeness (QED) is 0.592. The summed E-state index contributed by atoms with van der Waals surface area (Å²) in [7, 11) is 0. The van der Waals surface area contributed by atoms with Gasteiger partial charge in [-0.05, 0) is 74.6 Å². The summed E-state index contributed by atoms with van der Waals surface area (Å²) in [4.78, 5) is 16.0. The predicted octanol–water partition coefficient (Wildman–Crippen LogP) is 5.20. The SMILES string of the molecule is Cc1c(C)c(C)c2c(C)c(/C=C3\C(=O)Nc4ccccc43)[nH]c2c1C. The molecule has 0 saturated heterocycles. The highest BCUT2D eigenvalue weighted by atomic mass is 16.2. The van der Waals surface area contributed by atoms with E-state index in [1.54, 1.807) is 0 Å². The lowest BCUT2D eigenvalue weighted by atomic mass is 9.94. The number of amides is 1. The lowest BCUT2D eigenvalue weighted by Gasteiger charge is -2.11. The molecule has 1 amide bonds. The molecule has 2 heterocycles. The maximum atomic E-state index is 12.4. The predicted molar refractivity (Wildman–Crippen MR) is 105 cm³/mol. The van der Waals surface area contributed by atoms with Crippen LogP contribution in [0.3, 0.4) is 0 Å². The molecule has 3 nitrogen and oxygen atoms in total. The first-order valence-corrected chi connectivity index (χ1v) is 8.61. The summed E-state index contributed by atoms with van der Waals surface area (Å²) < 4.78 is 0. The number of benzene rings is 2. The second kappa shape index (κ2) is 5.35. The van der Waals surface area contributed by atoms with Crippen LogP contribution in [0.1, 0.15) is 39.1 Å². The van der Waals surface area contributed by atoms with Crippen molar-refractivity contribution in [1.29, 1.82) is 0 Å². The molecule has 2 aromatic carbocycles. The average Bonchev–Trinajstić information content (AvgIpc) is 3.09. The van der Waals surface area contributed by atoms with Gasteiger partial charge in [0.1, 0.15) is 0 Å². The molecule has 126 valence electrons. The number of para-hydroxylation sites is 1. The van der Waals surface area contributed by atoms with Crippen LogP contribution in [0.5, 0.6) is 0 Å². The number of fused-ring (bicyclic) bond motifs is 2. The Bertz CT molecular complexity index is 1080. The van der Waals surface area contributed by atoms with Gasteiger partial charge in [0.15, 0.2) is 0 Å². The van der Waals surface area contributed by atoms with E-state index in [0.29, 0.717) is 5.57 Å². The number of hydrogen-bond donors (Lipinski definition) is 2. The Morgan fingerprint density at radius 1 is 0.840 bits per heavy atom. The van der Waals surface area contributed by atoms with Gasteiger partial charge in [0.05, 0.1) is 5.57 Å². The molecule has 1 aliphatic heterocycles. The minimum atomic E-state index is -0.0416. The molecule has 4 rings (SSSR count). The van der Waals surface area contributed by atoms with Crippen LogP contribution in [0, 0.1) is 34.6 Å². The van der Waals surface area contributed by atoms with Crippen molar-refractivity contribution >= 4 is 34.1 Å². The molecule has 0 atom stereocenters. The summed E-state index contributed by atoms with van der Waals surface area (Å²) in [6.45, 7) is 10.8. The second-order valence-electron chi connectivity index (χ2n) is 6.97. The number of carbonyl (C=O) groups is 1. The molecule has 0 bridgehead atoms. The first-order chi connectivity index (χ1) is 11.9. The Hall–Kier alpha value is -2.81. The van der Waals surface area contributed by atoms with Crippen molar-refractivity contribution in [3.05, 3.63) is 63.3 Å². The monoisotopic (exact) mass is 330 g/mol. The zero-order valence-corrected chi connectivity index (χ0v) is 15.3. The van der Waals surface area contributed by atoms with E-state index in [9.17, 15) is 4.79 Å². The van der Waals surface area contributed by atoms with Crippen molar-refractivity contribution in [2.75, 3.05) is 5.32 Å². The minimum absolute atomic E-state index is 0.0416. The van der Waals surface area contributed by atoms with Gasteiger partial charge in [-0.15, -0.1) is 0 Å². The van der Waals surface area contributed by atoms with E-state index >= 15 is 0 Å². The van der Waals surface area contributed by atoms with Crippen LogP contribution in [0.25, 0.3) is 22.6 Å². The molecule has 0 spiro atoms. The largest absolute Gasteiger partial charge is 0.355 e. The summed E-state index contributed by atoms with van der Waals surface area (Å²) in [5.74, 6) is -0.0416. The fourth-order valence-corrected chi connectivity index (χ4v) is 3.87. The molecule has 0 fully saturated rings. The third-order valence-corrected chi connectivity index (χ3v) is 5.72. The number of carbonyl (C=O) groups excluding carboxylic acids is 1. The van der Waals surface area contributed by atoms with E-state index in [-0.39, 0.29) is 5.91 Å². The summed E-state index contributed by atoms with van der Waals surface area (Å²) in [5, 5.41) is 4.22. The van der Waals surface area contributed by atoms with Gasteiger partial charge in [0.2, 0.25) is 0 Å². The third kappa shape index (κ3) is 2.15. The number of rotatable bonds is 1. The lowest BCUT2D eigenvalue weighted by Crippen LogP contribution is -2.03. The summed E-state index contributed by atoms with van der Waals surface area (Å²) in [6.07, 6.45) is 1.99. The van der Waals surface area contributed by atoms with Gasteiger partial charge < -0.3 is 10.3 Å². The maximum absolute atomic E-state index is 12.4. The fraction of sp³-hybridized carbons (Fsp3) is 0.227. The van der Waals surface area contributed by atoms with Crippen LogP contribution in [-0.2, 0) is 4.79 Å². The van der Waals surface area contributed by atoms with Crippen molar-refractivity contribution in [3.8, 4) is 0 Å². The standard InChI is InChI=1S/C22H22N2O/c1-11-12(2)14(4)21-20(13(11)3)15(5)19(23-21)10-17-16-8-6-7-9-18(16)24-22(17)25/h6-10,23H,1-5H3,(H,24,25)/b17-10-. The Morgan fingerprint density at radius 2 is 1.52 bits per heavy atom. The van der Waals surface area contributed by atoms with Crippen molar-refractivity contribution in [2.45, 2.75) is 34.6 Å². The summed E-state index contributed by atoms with van der Waals surface area (Å²) >= 11 is 0. The van der Waals surface area contributed by atoms with Crippen molar-refractivity contribution < 1.29 is 4.79 Å². The molecular formula is C22H22N2O. The number of nitrogens with one attached hydrogen (secondary N) is 2. The number of aromatic amines is 1. The van der Waals surface area contributed by atoms with Gasteiger partial charge >= 0.3 is 0 Å². The highest BCUT2D eigenvalue weighted by Crippen LogP contribution is 2.36. The zero-order chi connectivity index (χ0) is 17.9. The van der Waals surface area contributed by atoms with Crippen molar-refractivity contribution in [3.63, 3.8) is 0 Å². The second-order valence-corrected chi connectivity index (χ2v) is 6.97. The van der Waals surface area contributed by atoms with Crippen LogP contribution in [-0.4, -0.2) is 10.9 Å². The smallest absolute Gasteiger partial charge is 0.256 e. The van der Waals surface area contributed by atoms with Crippen LogP contribution in [0.15, 0.2) is 24.3 Å². The first kappa shape index (κ1) is 15.7. The highest BCUT2D eigenvalue weighted by molar-refractivity contribution is 6.35. The normalized spacial score (nSPS) is 15.1. The Labute approximate surface area is 147 Å². The molecule has 0 unspecified atom stereocenters. The van der Waals surface area contributed by atoms with E-state index in [2.05, 4.69) is 44.9 Å². The van der Waals surface area contributed by atoms with Crippen LogP contribution in [0.2, 0.25) is 0 Å². The molecule has 0 saturated carbocycles. The van der Waals surface area contributed by atoms with Gasteiger partial charge in [0, 0.05) is 27.8 Å². The number of anilines is 1. The van der Waals surface area contributed by atoms with Crippen LogP contribution in [0.4, 0.5) is 5.69 Å². The van der Waals surface area contributed by atoms with E-state index in [1.807, 2.05) is 30.3 Å². The highest BCUT2D eigenvalue weighted by Gasteiger charge is 2.24. The van der Waals surface area contributed by atoms with Gasteiger partial charge in [-0.1, -0.05) is 18.2 Å². The molecule has 1 aromatic heterocycles. The summed E-state index contributed by atoms with van der Waals surface area (Å²) in [6, 6.07) is 7.83. The molecule has 0 aliphatic carbocycles. The Morgan fingerprint density at radius 3 is 2.28 bits per heavy atom. The zero-order valence-electron chi connectivity index (χ0n) is 15.3. The van der Waals surface area contributed by atoms with Crippen molar-refractivity contribution in [1.82, 2.24) is 4.98 Å². The fourth-order valence-electron chi connectivity index (χ4n) is 3.87. The molecular weight excluding hydrogens is 308 g/mol. The van der Waals surface area contributed by atoms with Gasteiger partial charge in [-0.3, -0.25) is 4.79 Å².